The summed E-state index contributed by atoms with van der Waals surface area (Å²) in [6.07, 6.45) is 0. The zero-order valence-corrected chi connectivity index (χ0v) is 12.3. The molecular formula is C14H24N4O. The van der Waals surface area contributed by atoms with E-state index in [9.17, 15) is 0 Å². The Kier molecular flexibility index (Phi) is 5.76. The van der Waals surface area contributed by atoms with Crippen LogP contribution in [0, 0.1) is 19.3 Å². The molecule has 0 saturated carbocycles. The van der Waals surface area contributed by atoms with Crippen LogP contribution in [0.25, 0.3) is 0 Å². The lowest BCUT2D eigenvalue weighted by atomic mass is 10.1. The van der Waals surface area contributed by atoms with Crippen molar-refractivity contribution in [1.82, 2.24) is 4.98 Å². The predicted molar refractivity (Wildman–Crippen MR) is 79.1 cm³/mol. The number of aromatic nitrogens is 1. The van der Waals surface area contributed by atoms with Gasteiger partial charge in [0.25, 0.3) is 0 Å². The van der Waals surface area contributed by atoms with Gasteiger partial charge in [-0.15, -0.1) is 0 Å². The highest BCUT2D eigenvalue weighted by Gasteiger charge is 2.16. The van der Waals surface area contributed by atoms with Crippen molar-refractivity contribution in [1.29, 1.82) is 5.41 Å². The molecule has 0 fully saturated rings. The topological polar surface area (TPSA) is 75.2 Å². The molecule has 1 rings (SSSR count). The van der Waals surface area contributed by atoms with E-state index >= 15 is 0 Å². The molecule has 3 N–H and O–H groups in total. The molecule has 0 aromatic carbocycles. The third-order valence-corrected chi connectivity index (χ3v) is 3.01. The first-order valence-electron chi connectivity index (χ1n) is 6.66. The number of hydrogen-bond donors (Lipinski definition) is 2. The summed E-state index contributed by atoms with van der Waals surface area (Å²) in [6.45, 7) is 10.9. The van der Waals surface area contributed by atoms with Gasteiger partial charge in [-0.1, -0.05) is 0 Å². The minimum Gasteiger partial charge on any atom is -0.384 e. The van der Waals surface area contributed by atoms with E-state index in [1.807, 2.05) is 26.8 Å². The minimum atomic E-state index is 0.0647. The number of anilines is 1. The zero-order chi connectivity index (χ0) is 14.4. The minimum absolute atomic E-state index is 0.0647. The van der Waals surface area contributed by atoms with Crippen LogP contribution in [-0.2, 0) is 4.74 Å². The Hall–Kier alpha value is -1.62. The molecule has 0 amide bonds. The number of nitrogens with zero attached hydrogens (tertiary/aromatic N) is 2. The van der Waals surface area contributed by atoms with Gasteiger partial charge < -0.3 is 15.4 Å². The third kappa shape index (κ3) is 3.92. The number of nitrogen functional groups attached to an aromatic ring is 1. The maximum atomic E-state index is 7.75. The smallest absolute Gasteiger partial charge is 0.126 e. The van der Waals surface area contributed by atoms with Gasteiger partial charge in [-0.25, -0.2) is 0 Å². The summed E-state index contributed by atoms with van der Waals surface area (Å²) < 4.78 is 5.41. The molecule has 0 atom stereocenters. The first-order valence-corrected chi connectivity index (χ1v) is 6.66. The molecule has 0 bridgehead atoms. The van der Waals surface area contributed by atoms with E-state index in [2.05, 4.69) is 16.8 Å². The fraction of sp³-hybridized carbons (Fsp3) is 0.571. The Morgan fingerprint density at radius 3 is 2.63 bits per heavy atom. The van der Waals surface area contributed by atoms with E-state index in [4.69, 9.17) is 15.9 Å². The van der Waals surface area contributed by atoms with Crippen LogP contribution in [0.2, 0.25) is 0 Å². The molecule has 1 heterocycles. The van der Waals surface area contributed by atoms with E-state index in [1.54, 1.807) is 0 Å². The fourth-order valence-corrected chi connectivity index (χ4v) is 2.16. The molecule has 106 valence electrons. The molecule has 0 spiro atoms. The molecule has 1 aromatic heterocycles. The Morgan fingerprint density at radius 2 is 2.11 bits per heavy atom. The lowest BCUT2D eigenvalue weighted by molar-refractivity contribution is 0.154. The number of nitrogens with two attached hydrogens (primary N) is 1. The Morgan fingerprint density at radius 1 is 1.42 bits per heavy atom. The highest BCUT2D eigenvalue weighted by atomic mass is 16.5. The molecular weight excluding hydrogens is 240 g/mol. The quantitative estimate of drug-likeness (QED) is 0.448. The monoisotopic (exact) mass is 264 g/mol. The first kappa shape index (κ1) is 15.4. The van der Waals surface area contributed by atoms with E-state index in [0.717, 1.165) is 35.7 Å². The molecule has 19 heavy (non-hydrogen) atoms. The fourth-order valence-electron chi connectivity index (χ4n) is 2.16. The standard InChI is InChI=1S/C14H24N4O/c1-5-18(7-8-19-6-2)12-9-10(3)17-11(4)13(12)14(15)16/h9H,5-8H2,1-4H3,(H3,15,16). The van der Waals surface area contributed by atoms with Crippen LogP contribution in [0.3, 0.4) is 0 Å². The number of amidine groups is 1. The van der Waals surface area contributed by atoms with Crippen LogP contribution >= 0.6 is 0 Å². The molecule has 0 saturated heterocycles. The number of likely N-dealkylation sites (N-methyl/N-ethyl adjacent to an activating group) is 1. The average Bonchev–Trinajstić information content (AvgIpc) is 2.33. The summed E-state index contributed by atoms with van der Waals surface area (Å²) in [6, 6.07) is 1.99. The second-order valence-corrected chi connectivity index (χ2v) is 4.43. The van der Waals surface area contributed by atoms with Crippen LogP contribution < -0.4 is 10.6 Å². The normalized spacial score (nSPS) is 10.5. The van der Waals surface area contributed by atoms with Crippen LogP contribution in [-0.4, -0.2) is 37.1 Å². The molecule has 0 aliphatic rings. The van der Waals surface area contributed by atoms with Crippen LogP contribution in [0.5, 0.6) is 0 Å². The molecule has 5 nitrogen and oxygen atoms in total. The maximum absolute atomic E-state index is 7.75. The summed E-state index contributed by atoms with van der Waals surface area (Å²) >= 11 is 0. The highest BCUT2D eigenvalue weighted by molar-refractivity contribution is 6.01. The van der Waals surface area contributed by atoms with Crippen LogP contribution in [0.15, 0.2) is 6.07 Å². The predicted octanol–water partition coefficient (Wildman–Crippen LogP) is 1.85. The van der Waals surface area contributed by atoms with Crippen LogP contribution in [0.4, 0.5) is 5.69 Å². The SMILES string of the molecule is CCOCCN(CC)c1cc(C)nc(C)c1C(=N)N. The van der Waals surface area contributed by atoms with Gasteiger partial charge >= 0.3 is 0 Å². The Labute approximate surface area is 115 Å². The van der Waals surface area contributed by atoms with Gasteiger partial charge in [-0.2, -0.15) is 0 Å². The number of rotatable bonds is 7. The Balaban J connectivity index is 3.10. The second kappa shape index (κ2) is 7.09. The number of ether oxygens (including phenoxy) is 1. The lowest BCUT2D eigenvalue weighted by Gasteiger charge is -2.26. The molecule has 5 heteroatoms. The largest absolute Gasteiger partial charge is 0.384 e. The number of nitrogens with one attached hydrogen (secondary N) is 1. The maximum Gasteiger partial charge on any atom is 0.126 e. The molecule has 0 aliphatic heterocycles. The average molecular weight is 264 g/mol. The number of hydrogen-bond acceptors (Lipinski definition) is 4. The summed E-state index contributed by atoms with van der Waals surface area (Å²) in [5.74, 6) is 0.0647. The third-order valence-electron chi connectivity index (χ3n) is 3.01. The van der Waals surface area contributed by atoms with Crippen molar-refractivity contribution in [3.8, 4) is 0 Å². The van der Waals surface area contributed by atoms with E-state index < -0.39 is 0 Å². The van der Waals surface area contributed by atoms with Crippen LogP contribution in [0.1, 0.15) is 30.8 Å². The second-order valence-electron chi connectivity index (χ2n) is 4.43. The van der Waals surface area contributed by atoms with Crippen molar-refractivity contribution in [2.24, 2.45) is 5.73 Å². The molecule has 0 radical (unpaired) electrons. The van der Waals surface area contributed by atoms with Gasteiger partial charge in [-0.05, 0) is 33.8 Å². The van der Waals surface area contributed by atoms with Gasteiger partial charge in [0, 0.05) is 25.4 Å². The van der Waals surface area contributed by atoms with Gasteiger partial charge in [-0.3, -0.25) is 10.4 Å². The lowest BCUT2D eigenvalue weighted by Crippen LogP contribution is -2.30. The van der Waals surface area contributed by atoms with Crippen molar-refractivity contribution >= 4 is 11.5 Å². The van der Waals surface area contributed by atoms with E-state index in [1.165, 1.54) is 0 Å². The van der Waals surface area contributed by atoms with E-state index in [-0.39, 0.29) is 5.84 Å². The molecule has 0 aliphatic carbocycles. The highest BCUT2D eigenvalue weighted by Crippen LogP contribution is 2.23. The van der Waals surface area contributed by atoms with Gasteiger partial charge in [0.15, 0.2) is 0 Å². The van der Waals surface area contributed by atoms with Gasteiger partial charge in [0.1, 0.15) is 5.84 Å². The van der Waals surface area contributed by atoms with Gasteiger partial charge in [0.05, 0.1) is 23.6 Å². The number of aryl methyl sites for hydroxylation is 2. The summed E-state index contributed by atoms with van der Waals surface area (Å²) in [7, 11) is 0. The van der Waals surface area contributed by atoms with E-state index in [0.29, 0.717) is 13.2 Å². The zero-order valence-electron chi connectivity index (χ0n) is 12.3. The van der Waals surface area contributed by atoms with Crippen molar-refractivity contribution in [3.05, 3.63) is 23.0 Å². The summed E-state index contributed by atoms with van der Waals surface area (Å²) in [5.41, 5.74) is 9.14. The van der Waals surface area contributed by atoms with Crippen molar-refractivity contribution in [2.75, 3.05) is 31.2 Å². The van der Waals surface area contributed by atoms with Crippen molar-refractivity contribution in [2.45, 2.75) is 27.7 Å². The Bertz CT molecular complexity index is 445. The molecule has 0 unspecified atom stereocenters. The van der Waals surface area contributed by atoms with Gasteiger partial charge in [0.2, 0.25) is 0 Å². The summed E-state index contributed by atoms with van der Waals surface area (Å²) in [5, 5.41) is 7.75. The number of pyridine rings is 1. The van der Waals surface area contributed by atoms with Crippen molar-refractivity contribution in [3.63, 3.8) is 0 Å². The first-order chi connectivity index (χ1) is 9.01. The molecule has 1 aromatic rings. The summed E-state index contributed by atoms with van der Waals surface area (Å²) in [4.78, 5) is 6.56. The van der Waals surface area contributed by atoms with Crippen molar-refractivity contribution < 1.29 is 4.74 Å².